The quantitative estimate of drug-likeness (QED) is 0.840. The number of ether oxygens (including phenoxy) is 1. The number of halogens is 2. The second-order valence-electron chi connectivity index (χ2n) is 4.06. The SMILES string of the molecule is COc1cc(NCc2cccc(Cl)c2)c(N)cc1F. The fourth-order valence-electron chi connectivity index (χ4n) is 1.72. The Morgan fingerprint density at radius 3 is 2.79 bits per heavy atom. The molecule has 0 aromatic heterocycles. The van der Waals surface area contributed by atoms with E-state index in [1.165, 1.54) is 19.2 Å². The van der Waals surface area contributed by atoms with Gasteiger partial charge >= 0.3 is 0 Å². The predicted octanol–water partition coefficient (Wildman–Crippen LogP) is 3.68. The maximum atomic E-state index is 13.4. The minimum absolute atomic E-state index is 0.155. The fraction of sp³-hybridized carbons (Fsp3) is 0.143. The first kappa shape index (κ1) is 13.5. The van der Waals surface area contributed by atoms with Crippen LogP contribution in [0.3, 0.4) is 0 Å². The molecule has 2 aromatic carbocycles. The average molecular weight is 281 g/mol. The van der Waals surface area contributed by atoms with Crippen molar-refractivity contribution < 1.29 is 9.13 Å². The second-order valence-corrected chi connectivity index (χ2v) is 4.49. The molecule has 0 unspecified atom stereocenters. The first-order chi connectivity index (χ1) is 9.10. The first-order valence-electron chi connectivity index (χ1n) is 5.71. The van der Waals surface area contributed by atoms with Gasteiger partial charge in [0.15, 0.2) is 11.6 Å². The largest absolute Gasteiger partial charge is 0.494 e. The number of rotatable bonds is 4. The Bertz CT molecular complexity index is 590. The minimum Gasteiger partial charge on any atom is -0.494 e. The minimum atomic E-state index is -0.478. The highest BCUT2D eigenvalue weighted by Gasteiger charge is 2.08. The van der Waals surface area contributed by atoms with E-state index in [9.17, 15) is 4.39 Å². The molecule has 2 aromatic rings. The second kappa shape index (κ2) is 5.80. The molecule has 0 atom stereocenters. The van der Waals surface area contributed by atoms with Crippen LogP contribution in [0.1, 0.15) is 5.56 Å². The number of anilines is 2. The molecule has 0 aliphatic heterocycles. The highest BCUT2D eigenvalue weighted by atomic mass is 35.5. The average Bonchev–Trinajstić information content (AvgIpc) is 2.38. The van der Waals surface area contributed by atoms with Gasteiger partial charge in [0, 0.05) is 23.7 Å². The molecule has 19 heavy (non-hydrogen) atoms. The van der Waals surface area contributed by atoms with E-state index >= 15 is 0 Å². The van der Waals surface area contributed by atoms with Crippen molar-refractivity contribution in [2.75, 3.05) is 18.2 Å². The molecule has 0 aliphatic rings. The fourth-order valence-corrected chi connectivity index (χ4v) is 1.94. The smallest absolute Gasteiger partial charge is 0.167 e. The Labute approximate surface area is 116 Å². The molecule has 0 spiro atoms. The summed E-state index contributed by atoms with van der Waals surface area (Å²) in [5, 5.41) is 3.80. The monoisotopic (exact) mass is 280 g/mol. The third kappa shape index (κ3) is 3.29. The molecule has 3 nitrogen and oxygen atoms in total. The van der Waals surface area contributed by atoms with Crippen molar-refractivity contribution in [3.05, 3.63) is 52.8 Å². The molecule has 5 heteroatoms. The van der Waals surface area contributed by atoms with E-state index < -0.39 is 5.82 Å². The zero-order valence-corrected chi connectivity index (χ0v) is 11.2. The molecule has 2 rings (SSSR count). The molecule has 0 bridgehead atoms. The summed E-state index contributed by atoms with van der Waals surface area (Å²) in [5.74, 6) is -0.323. The Hall–Kier alpha value is -1.94. The van der Waals surface area contributed by atoms with E-state index in [1.54, 1.807) is 6.07 Å². The highest BCUT2D eigenvalue weighted by Crippen LogP contribution is 2.28. The van der Waals surface area contributed by atoms with Crippen molar-refractivity contribution in [1.82, 2.24) is 0 Å². The van der Waals surface area contributed by atoms with Gasteiger partial charge in [-0.3, -0.25) is 0 Å². The van der Waals surface area contributed by atoms with Crippen molar-refractivity contribution in [1.29, 1.82) is 0 Å². The zero-order valence-electron chi connectivity index (χ0n) is 10.4. The van der Waals surface area contributed by atoms with E-state index in [-0.39, 0.29) is 5.75 Å². The third-order valence-electron chi connectivity index (χ3n) is 2.70. The molecular weight excluding hydrogens is 267 g/mol. The van der Waals surface area contributed by atoms with Gasteiger partial charge in [-0.15, -0.1) is 0 Å². The van der Waals surface area contributed by atoms with Crippen LogP contribution in [0.15, 0.2) is 36.4 Å². The lowest BCUT2D eigenvalue weighted by Gasteiger charge is -2.12. The van der Waals surface area contributed by atoms with Crippen LogP contribution in [0, 0.1) is 5.82 Å². The van der Waals surface area contributed by atoms with Gasteiger partial charge in [-0.2, -0.15) is 0 Å². The lowest BCUT2D eigenvalue weighted by atomic mass is 10.2. The summed E-state index contributed by atoms with van der Waals surface area (Å²) < 4.78 is 18.3. The lowest BCUT2D eigenvalue weighted by Crippen LogP contribution is -2.04. The Morgan fingerprint density at radius 2 is 2.11 bits per heavy atom. The summed E-state index contributed by atoms with van der Waals surface area (Å²) in [6, 6.07) is 10.2. The maximum Gasteiger partial charge on any atom is 0.167 e. The van der Waals surface area contributed by atoms with Crippen LogP contribution in [-0.2, 0) is 6.54 Å². The summed E-state index contributed by atoms with van der Waals surface area (Å²) in [5.41, 5.74) is 7.72. The van der Waals surface area contributed by atoms with Gasteiger partial charge in [0.1, 0.15) is 0 Å². The van der Waals surface area contributed by atoms with Gasteiger partial charge < -0.3 is 15.8 Å². The van der Waals surface area contributed by atoms with Crippen molar-refractivity contribution in [3.8, 4) is 5.75 Å². The molecular formula is C14H14ClFN2O. The first-order valence-corrected chi connectivity index (χ1v) is 6.09. The van der Waals surface area contributed by atoms with Gasteiger partial charge in [-0.05, 0) is 17.7 Å². The van der Waals surface area contributed by atoms with E-state index in [2.05, 4.69) is 5.32 Å². The number of methoxy groups -OCH3 is 1. The molecule has 100 valence electrons. The van der Waals surface area contributed by atoms with E-state index in [0.29, 0.717) is 22.9 Å². The molecule has 0 amide bonds. The molecule has 0 radical (unpaired) electrons. The third-order valence-corrected chi connectivity index (χ3v) is 2.93. The topological polar surface area (TPSA) is 47.3 Å². The molecule has 3 N–H and O–H groups in total. The van der Waals surface area contributed by atoms with E-state index in [4.69, 9.17) is 22.1 Å². The molecule has 0 saturated carbocycles. The summed E-state index contributed by atoms with van der Waals surface area (Å²) in [7, 11) is 1.41. The van der Waals surface area contributed by atoms with Gasteiger partial charge in [0.2, 0.25) is 0 Å². The highest BCUT2D eigenvalue weighted by molar-refractivity contribution is 6.30. The molecule has 0 fully saturated rings. The van der Waals surface area contributed by atoms with Crippen molar-refractivity contribution in [3.63, 3.8) is 0 Å². The number of benzene rings is 2. The van der Waals surface area contributed by atoms with Crippen molar-refractivity contribution in [2.45, 2.75) is 6.54 Å². The Kier molecular flexibility index (Phi) is 4.12. The number of hydrogen-bond donors (Lipinski definition) is 2. The van der Waals surface area contributed by atoms with E-state index in [0.717, 1.165) is 5.56 Å². The molecule has 0 saturated heterocycles. The van der Waals surface area contributed by atoms with Crippen LogP contribution < -0.4 is 15.8 Å². The summed E-state index contributed by atoms with van der Waals surface area (Å²) >= 11 is 5.90. The summed E-state index contributed by atoms with van der Waals surface area (Å²) in [6.45, 7) is 0.541. The number of nitrogens with one attached hydrogen (secondary N) is 1. The lowest BCUT2D eigenvalue weighted by molar-refractivity contribution is 0.387. The Balaban J connectivity index is 2.15. The maximum absolute atomic E-state index is 13.4. The van der Waals surface area contributed by atoms with Crippen molar-refractivity contribution in [2.24, 2.45) is 0 Å². The van der Waals surface area contributed by atoms with Crippen LogP contribution in [0.25, 0.3) is 0 Å². The predicted molar refractivity (Wildman–Crippen MR) is 76.1 cm³/mol. The summed E-state index contributed by atoms with van der Waals surface area (Å²) in [4.78, 5) is 0. The van der Waals surface area contributed by atoms with Crippen LogP contribution >= 0.6 is 11.6 Å². The molecule has 0 aliphatic carbocycles. The number of hydrogen-bond acceptors (Lipinski definition) is 3. The van der Waals surface area contributed by atoms with Gasteiger partial charge in [-0.25, -0.2) is 4.39 Å². The normalized spacial score (nSPS) is 10.3. The zero-order chi connectivity index (χ0) is 13.8. The van der Waals surface area contributed by atoms with Crippen molar-refractivity contribution >= 4 is 23.0 Å². The van der Waals surface area contributed by atoms with Crippen LogP contribution in [0.2, 0.25) is 5.02 Å². The van der Waals surface area contributed by atoms with Crippen LogP contribution in [0.4, 0.5) is 15.8 Å². The summed E-state index contributed by atoms with van der Waals surface area (Å²) in [6.07, 6.45) is 0. The van der Waals surface area contributed by atoms with Crippen LogP contribution in [-0.4, -0.2) is 7.11 Å². The Morgan fingerprint density at radius 1 is 1.32 bits per heavy atom. The van der Waals surface area contributed by atoms with Crippen LogP contribution in [0.5, 0.6) is 5.75 Å². The molecule has 0 heterocycles. The standard InChI is InChI=1S/C14H14ClFN2O/c1-19-14-7-13(12(17)6-11(14)16)18-8-9-3-2-4-10(15)5-9/h2-7,18H,8,17H2,1H3. The van der Waals surface area contributed by atoms with Gasteiger partial charge in [-0.1, -0.05) is 23.7 Å². The van der Waals surface area contributed by atoms with Gasteiger partial charge in [0.05, 0.1) is 18.5 Å². The van der Waals surface area contributed by atoms with Gasteiger partial charge in [0.25, 0.3) is 0 Å². The number of nitrogens with two attached hydrogens (primary N) is 1. The van der Waals surface area contributed by atoms with E-state index in [1.807, 2.05) is 18.2 Å². The number of nitrogen functional groups attached to an aromatic ring is 1.